The summed E-state index contributed by atoms with van der Waals surface area (Å²) in [6, 6.07) is 19.9. The van der Waals surface area contributed by atoms with Gasteiger partial charge in [0.1, 0.15) is 17.5 Å². The second kappa shape index (κ2) is 25.9. The number of amides is 2. The minimum atomic E-state index is -0.190. The summed E-state index contributed by atoms with van der Waals surface area (Å²) in [7, 11) is 3.20. The molecular weight excluding hydrogens is 958 g/mol. The van der Waals surface area contributed by atoms with Crippen LogP contribution < -0.4 is 25.8 Å². The summed E-state index contributed by atoms with van der Waals surface area (Å²) in [5, 5.41) is 27.0. The Labute approximate surface area is 427 Å². The van der Waals surface area contributed by atoms with Crippen molar-refractivity contribution in [1.82, 2.24) is 40.6 Å². The average Bonchev–Trinajstić information content (AvgIpc) is 3.36. The van der Waals surface area contributed by atoms with Crippen molar-refractivity contribution in [2.24, 2.45) is 0 Å². The molecule has 0 bridgehead atoms. The number of pyridine rings is 2. The van der Waals surface area contributed by atoms with E-state index in [0.717, 1.165) is 101 Å². The van der Waals surface area contributed by atoms with Gasteiger partial charge in [0.15, 0.2) is 0 Å². The first kappa shape index (κ1) is 53.6. The number of hydrogen-bond acceptors (Lipinski definition) is 12. The smallest absolute Gasteiger partial charge is 0.252 e. The maximum Gasteiger partial charge on any atom is 0.252 e. The van der Waals surface area contributed by atoms with Crippen LogP contribution in [0.1, 0.15) is 78.3 Å². The van der Waals surface area contributed by atoms with Crippen molar-refractivity contribution in [3.63, 3.8) is 0 Å². The molecule has 19 heteroatoms. The van der Waals surface area contributed by atoms with E-state index in [-0.39, 0.29) is 17.7 Å². The molecule has 2 amide bonds. The van der Waals surface area contributed by atoms with Crippen LogP contribution in [0, 0.1) is 10.8 Å². The Bertz CT molecular complexity index is 2350. The van der Waals surface area contributed by atoms with Gasteiger partial charge in [0.05, 0.1) is 27.8 Å². The molecular formula is C50H66Cl4N12O3. The van der Waals surface area contributed by atoms with Gasteiger partial charge in [0, 0.05) is 124 Å². The molecule has 0 radical (unpaired) electrons. The molecule has 2 aromatic heterocycles. The van der Waals surface area contributed by atoms with Gasteiger partial charge in [-0.2, -0.15) is 0 Å². The number of aromatic nitrogens is 2. The number of likely N-dealkylation sites (tertiary alicyclic amines) is 1. The lowest BCUT2D eigenvalue weighted by molar-refractivity contribution is 0.0884. The van der Waals surface area contributed by atoms with Crippen molar-refractivity contribution in [1.29, 1.82) is 10.8 Å². The topological polar surface area (TPSA) is 169 Å². The number of benzene rings is 2. The molecule has 4 aliphatic rings. The number of piperidine rings is 2. The van der Waals surface area contributed by atoms with E-state index in [2.05, 4.69) is 64.3 Å². The molecule has 69 heavy (non-hydrogen) atoms. The first-order valence-electron chi connectivity index (χ1n) is 23.7. The van der Waals surface area contributed by atoms with Gasteiger partial charge in [-0.15, -0.1) is 0 Å². The zero-order chi connectivity index (χ0) is 49.6. The number of carbonyl (C=O) groups excluding carboxylic acids is 2. The lowest BCUT2D eigenvalue weighted by Crippen LogP contribution is -2.58. The Morgan fingerprint density at radius 3 is 1.49 bits per heavy atom. The van der Waals surface area contributed by atoms with Crippen LogP contribution in [0.2, 0.25) is 20.1 Å². The van der Waals surface area contributed by atoms with Crippen LogP contribution >= 0.6 is 46.4 Å². The number of carbonyl (C=O) groups is 2. The summed E-state index contributed by atoms with van der Waals surface area (Å²) < 4.78 is 5.01. The number of ether oxygens (including phenoxy) is 1. The fourth-order valence-electron chi connectivity index (χ4n) is 9.46. The summed E-state index contributed by atoms with van der Waals surface area (Å²) >= 11 is 24.5. The highest BCUT2D eigenvalue weighted by molar-refractivity contribution is 6.34. The molecule has 4 saturated heterocycles. The van der Waals surface area contributed by atoms with Gasteiger partial charge >= 0.3 is 0 Å². The summed E-state index contributed by atoms with van der Waals surface area (Å²) in [5.74, 6) is 1.92. The second-order valence-electron chi connectivity index (χ2n) is 17.6. The van der Waals surface area contributed by atoms with E-state index in [1.807, 2.05) is 31.2 Å². The van der Waals surface area contributed by atoms with Crippen LogP contribution in [0.15, 0.2) is 73.1 Å². The Morgan fingerprint density at radius 1 is 0.652 bits per heavy atom. The zero-order valence-electron chi connectivity index (χ0n) is 40.2. The fraction of sp³-hybridized carbons (Fsp3) is 0.480. The first-order valence-corrected chi connectivity index (χ1v) is 25.3. The molecule has 2 aromatic carbocycles. The van der Waals surface area contributed by atoms with Crippen LogP contribution in [0.4, 0.5) is 11.6 Å². The van der Waals surface area contributed by atoms with Gasteiger partial charge in [-0.25, -0.2) is 9.97 Å². The second-order valence-corrected chi connectivity index (χ2v) is 19.3. The third-order valence-corrected chi connectivity index (χ3v) is 14.2. The van der Waals surface area contributed by atoms with Gasteiger partial charge in [-0.3, -0.25) is 30.2 Å². The molecule has 5 N–H and O–H groups in total. The minimum Gasteiger partial charge on any atom is -0.478 e. The zero-order valence-corrected chi connectivity index (χ0v) is 43.2. The highest BCUT2D eigenvalue weighted by atomic mass is 35.5. The molecule has 4 aliphatic heterocycles. The molecule has 8 rings (SSSR count). The SMILES string of the molecule is CCOC(=N)c1ccc(Cl)cc1.CNC(=O)c1cnc(N2CCN(C3CCN(C(=N)c4ccc(Cl)cc4)CC3)[C@@H](C)C2)c(Cl)c1.CNC(=O)c1cnc(N2CCN(C3CCNCC3)[C@@H](C)C2)c(Cl)c1. The van der Waals surface area contributed by atoms with Crippen molar-refractivity contribution >= 4 is 81.6 Å². The number of nitrogens with one attached hydrogen (secondary N) is 5. The number of rotatable bonds is 9. The monoisotopic (exact) mass is 1020 g/mol. The molecule has 4 aromatic rings. The van der Waals surface area contributed by atoms with Crippen molar-refractivity contribution in [2.45, 2.75) is 70.6 Å². The predicted molar refractivity (Wildman–Crippen MR) is 281 cm³/mol. The molecule has 15 nitrogen and oxygen atoms in total. The third kappa shape index (κ3) is 14.4. The summed E-state index contributed by atoms with van der Waals surface area (Å²) in [5.41, 5.74) is 2.62. The third-order valence-electron chi connectivity index (χ3n) is 13.1. The molecule has 4 fully saturated rings. The molecule has 0 aliphatic carbocycles. The van der Waals surface area contributed by atoms with E-state index in [9.17, 15) is 9.59 Å². The molecule has 372 valence electrons. The van der Waals surface area contributed by atoms with Gasteiger partial charge in [-0.1, -0.05) is 46.4 Å². The van der Waals surface area contributed by atoms with E-state index >= 15 is 0 Å². The van der Waals surface area contributed by atoms with E-state index in [4.69, 9.17) is 62.0 Å². The number of hydrogen-bond donors (Lipinski definition) is 5. The van der Waals surface area contributed by atoms with Crippen LogP contribution in [-0.2, 0) is 4.74 Å². The maximum absolute atomic E-state index is 11.8. The largest absolute Gasteiger partial charge is 0.478 e. The van der Waals surface area contributed by atoms with E-state index in [1.54, 1.807) is 62.9 Å². The highest BCUT2D eigenvalue weighted by Gasteiger charge is 2.34. The summed E-state index contributed by atoms with van der Waals surface area (Å²) in [6.45, 7) is 16.4. The molecule has 6 heterocycles. The number of anilines is 2. The minimum absolute atomic E-state index is 0.167. The van der Waals surface area contributed by atoms with Gasteiger partial charge in [0.2, 0.25) is 5.90 Å². The van der Waals surface area contributed by atoms with Crippen molar-refractivity contribution in [3.05, 3.63) is 115 Å². The number of nitrogens with zero attached hydrogens (tertiary/aromatic N) is 7. The normalized spacial score (nSPS) is 19.3. The average molecular weight is 1020 g/mol. The van der Waals surface area contributed by atoms with E-state index < -0.39 is 0 Å². The Kier molecular flexibility index (Phi) is 20.1. The van der Waals surface area contributed by atoms with Crippen molar-refractivity contribution in [2.75, 3.05) is 95.9 Å². The van der Waals surface area contributed by atoms with Crippen molar-refractivity contribution < 1.29 is 14.3 Å². The number of piperazine rings is 2. The molecule has 0 unspecified atom stereocenters. The van der Waals surface area contributed by atoms with Crippen LogP contribution in [0.3, 0.4) is 0 Å². The molecule has 2 atom stereocenters. The van der Waals surface area contributed by atoms with Crippen LogP contribution in [0.25, 0.3) is 0 Å². The number of amidine groups is 1. The van der Waals surface area contributed by atoms with Crippen molar-refractivity contribution in [3.8, 4) is 0 Å². The lowest BCUT2D eigenvalue weighted by atomic mass is 9.99. The van der Waals surface area contributed by atoms with Gasteiger partial charge < -0.3 is 35.4 Å². The Balaban J connectivity index is 0.000000189. The highest BCUT2D eigenvalue weighted by Crippen LogP contribution is 2.30. The Morgan fingerprint density at radius 2 is 1.09 bits per heavy atom. The number of halogens is 4. The van der Waals surface area contributed by atoms with Gasteiger partial charge in [0.25, 0.3) is 11.8 Å². The van der Waals surface area contributed by atoms with Crippen LogP contribution in [-0.4, -0.2) is 159 Å². The maximum atomic E-state index is 11.8. The Hall–Kier alpha value is -4.74. The van der Waals surface area contributed by atoms with Gasteiger partial charge in [-0.05, 0) is 120 Å². The standard InChI is InChI=1S/C24H30Cl2N6O.C17H26ClN5O.C9H10ClNO/c1-16-15-31(23-21(26)13-18(14-29-23)24(33)28-2)11-12-32(16)20-7-9-30(10-8-20)22(27)17-3-5-19(25)6-4-17;1-12-11-22(7-8-23(12)14-3-5-20-6-4-14)16-15(18)9-13(10-21-16)17(24)19-2;1-2-12-9(11)7-3-5-8(10)6-4-7/h3-6,13-14,16,20,27H,7-12,15H2,1-2H3,(H,28,33);9-10,12,14,20H,3-8,11H2,1-2H3,(H,19,24);3-6,11H,2H2,1H3/t16-;12-;/m00./s1. The summed E-state index contributed by atoms with van der Waals surface area (Å²) in [6.07, 6.45) is 7.72. The van der Waals surface area contributed by atoms with Crippen LogP contribution in [0.5, 0.6) is 0 Å². The van der Waals surface area contributed by atoms with E-state index in [1.165, 1.54) is 12.8 Å². The predicted octanol–water partition coefficient (Wildman–Crippen LogP) is 7.81. The fourth-order valence-corrected chi connectivity index (χ4v) is 10.3. The summed E-state index contributed by atoms with van der Waals surface area (Å²) in [4.78, 5) is 44.3. The van der Waals surface area contributed by atoms with E-state index in [0.29, 0.717) is 67.8 Å². The molecule has 0 saturated carbocycles. The first-order chi connectivity index (χ1) is 33.2. The molecule has 0 spiro atoms. The lowest BCUT2D eigenvalue weighted by Gasteiger charge is -2.47. The quantitative estimate of drug-likeness (QED) is 0.0820.